The van der Waals surface area contributed by atoms with Gasteiger partial charge >= 0.3 is 6.03 Å². The van der Waals surface area contributed by atoms with E-state index < -0.39 is 30.2 Å². The number of rotatable bonds is 1. The summed E-state index contributed by atoms with van der Waals surface area (Å²) in [6, 6.07) is 6.91. The molecular weight excluding hydrogens is 224 g/mol. The lowest BCUT2D eigenvalue weighted by Gasteiger charge is -2.22. The molecule has 5 amide bonds. The normalized spacial score (nSPS) is 15.8. The van der Waals surface area contributed by atoms with Gasteiger partial charge in [-0.2, -0.15) is 4.90 Å². The highest BCUT2D eigenvalue weighted by molar-refractivity contribution is 6.24. The molecule has 1 aromatic carbocycles. The quantitative estimate of drug-likeness (QED) is 0.557. The van der Waals surface area contributed by atoms with Gasteiger partial charge in [-0.05, 0) is 12.1 Å². The summed E-state index contributed by atoms with van der Waals surface area (Å²) in [5, 5.41) is 1.92. The van der Waals surface area contributed by atoms with E-state index in [1.165, 1.54) is 12.1 Å². The van der Waals surface area contributed by atoms with E-state index in [4.69, 9.17) is 0 Å². The van der Waals surface area contributed by atoms with Crippen molar-refractivity contribution < 1.29 is 19.2 Å². The molecule has 17 heavy (non-hydrogen) atoms. The highest BCUT2D eigenvalue weighted by atomic mass is 16.2. The van der Waals surface area contributed by atoms with Crippen LogP contribution in [0.3, 0.4) is 0 Å². The summed E-state index contributed by atoms with van der Waals surface area (Å²) in [6.07, 6.45) is -0.496. The lowest BCUT2D eigenvalue weighted by Crippen LogP contribution is -2.55. The molecule has 0 radical (unpaired) electrons. The Morgan fingerprint density at radius 1 is 1.12 bits per heavy atom. The van der Waals surface area contributed by atoms with Gasteiger partial charge in [-0.1, -0.05) is 18.2 Å². The molecule has 1 aromatic rings. The van der Waals surface area contributed by atoms with Gasteiger partial charge in [0.2, 0.25) is 11.8 Å². The molecule has 1 aliphatic heterocycles. The molecule has 0 saturated carbocycles. The zero-order chi connectivity index (χ0) is 12.4. The first-order valence-corrected chi connectivity index (χ1v) is 4.86. The summed E-state index contributed by atoms with van der Waals surface area (Å²) in [5.41, 5.74) is 0.213. The average molecular weight is 232 g/mol. The molecule has 1 heterocycles. The fourth-order valence-corrected chi connectivity index (χ4v) is 1.46. The predicted octanol–water partition coefficient (Wildman–Crippen LogP) is 0.295. The second-order valence-corrected chi connectivity index (χ2v) is 3.43. The maximum Gasteiger partial charge on any atom is 0.337 e. The molecule has 0 aliphatic carbocycles. The number of hydrogen-bond donors (Lipinski definition) is 1. The van der Waals surface area contributed by atoms with Crippen LogP contribution < -0.4 is 5.32 Å². The van der Waals surface area contributed by atoms with E-state index in [2.05, 4.69) is 0 Å². The average Bonchev–Trinajstić information content (AvgIpc) is 2.28. The Morgan fingerprint density at radius 2 is 1.76 bits per heavy atom. The second-order valence-electron chi connectivity index (χ2n) is 3.43. The summed E-state index contributed by atoms with van der Waals surface area (Å²) in [5.74, 6) is -2.25. The Morgan fingerprint density at radius 3 is 2.35 bits per heavy atom. The minimum atomic E-state index is -1.000. The zero-order valence-corrected chi connectivity index (χ0v) is 8.67. The minimum Gasteiger partial charge on any atom is -0.277 e. The predicted molar refractivity (Wildman–Crippen MR) is 55.8 cm³/mol. The van der Waals surface area contributed by atoms with Crippen LogP contribution in [0.5, 0.6) is 0 Å². The molecule has 6 nitrogen and oxygen atoms in total. The van der Waals surface area contributed by atoms with Crippen molar-refractivity contribution in [1.82, 2.24) is 10.2 Å². The van der Waals surface area contributed by atoms with Gasteiger partial charge in [0.25, 0.3) is 5.91 Å². The van der Waals surface area contributed by atoms with E-state index in [0.29, 0.717) is 4.90 Å². The van der Waals surface area contributed by atoms with E-state index in [-0.39, 0.29) is 5.56 Å². The SMILES string of the molecule is O=C1CC(=O)N(C(=O)c2ccccc2)C(=O)N1. The Kier molecular flexibility index (Phi) is 2.70. The number of nitrogens with zero attached hydrogens (tertiary/aromatic N) is 1. The summed E-state index contributed by atoms with van der Waals surface area (Å²) in [4.78, 5) is 46.0. The van der Waals surface area contributed by atoms with Crippen LogP contribution in [0.4, 0.5) is 4.79 Å². The number of benzene rings is 1. The second kappa shape index (κ2) is 4.17. The van der Waals surface area contributed by atoms with Crippen LogP contribution >= 0.6 is 0 Å². The summed E-state index contributed by atoms with van der Waals surface area (Å²) < 4.78 is 0. The maximum absolute atomic E-state index is 11.9. The van der Waals surface area contributed by atoms with Crippen LogP contribution in [0, 0.1) is 0 Å². The lowest BCUT2D eigenvalue weighted by molar-refractivity contribution is -0.134. The van der Waals surface area contributed by atoms with Gasteiger partial charge in [0.05, 0.1) is 0 Å². The third-order valence-electron chi connectivity index (χ3n) is 2.23. The standard InChI is InChI=1S/C11H8N2O4/c14-8-6-9(15)13(11(17)12-8)10(16)7-4-2-1-3-5-7/h1-5H,6H2,(H,12,14,17). The Labute approximate surface area is 96.2 Å². The number of carbonyl (C=O) groups excluding carboxylic acids is 4. The van der Waals surface area contributed by atoms with E-state index in [0.717, 1.165) is 0 Å². The Bertz CT molecular complexity index is 489. The zero-order valence-electron chi connectivity index (χ0n) is 8.67. The molecule has 0 atom stereocenters. The van der Waals surface area contributed by atoms with Crippen LogP contribution in [0.15, 0.2) is 30.3 Å². The Hall–Kier alpha value is -2.50. The molecule has 0 aromatic heterocycles. The molecule has 6 heteroatoms. The smallest absolute Gasteiger partial charge is 0.277 e. The third kappa shape index (κ3) is 2.05. The Balaban J connectivity index is 2.28. The first-order valence-electron chi connectivity index (χ1n) is 4.86. The number of urea groups is 1. The van der Waals surface area contributed by atoms with Crippen molar-refractivity contribution in [3.63, 3.8) is 0 Å². The van der Waals surface area contributed by atoms with Crippen molar-refractivity contribution in [2.45, 2.75) is 6.42 Å². The largest absolute Gasteiger partial charge is 0.337 e. The fourth-order valence-electron chi connectivity index (χ4n) is 1.46. The van der Waals surface area contributed by atoms with Gasteiger partial charge in [0, 0.05) is 5.56 Å². The molecule has 0 spiro atoms. The first-order chi connectivity index (χ1) is 8.09. The number of barbiturate groups is 1. The van der Waals surface area contributed by atoms with Crippen molar-refractivity contribution in [3.05, 3.63) is 35.9 Å². The molecular formula is C11H8N2O4. The number of hydrogen-bond acceptors (Lipinski definition) is 4. The van der Waals surface area contributed by atoms with Crippen molar-refractivity contribution in [2.75, 3.05) is 0 Å². The maximum atomic E-state index is 11.9. The van der Waals surface area contributed by atoms with Gasteiger partial charge in [0.1, 0.15) is 6.42 Å². The minimum absolute atomic E-state index is 0.213. The number of carbonyl (C=O) groups is 4. The van der Waals surface area contributed by atoms with Crippen LogP contribution in [0.1, 0.15) is 16.8 Å². The molecule has 1 fully saturated rings. The summed E-state index contributed by atoms with van der Waals surface area (Å²) in [6.45, 7) is 0. The molecule has 1 aliphatic rings. The van der Waals surface area contributed by atoms with Crippen molar-refractivity contribution in [1.29, 1.82) is 0 Å². The molecule has 1 saturated heterocycles. The fraction of sp³-hybridized carbons (Fsp3) is 0.0909. The van der Waals surface area contributed by atoms with Gasteiger partial charge in [-0.15, -0.1) is 0 Å². The molecule has 86 valence electrons. The number of nitrogens with one attached hydrogen (secondary N) is 1. The molecule has 0 bridgehead atoms. The topological polar surface area (TPSA) is 83.6 Å². The summed E-state index contributed by atoms with van der Waals surface area (Å²) >= 11 is 0. The van der Waals surface area contributed by atoms with Gasteiger partial charge < -0.3 is 0 Å². The van der Waals surface area contributed by atoms with Crippen molar-refractivity contribution in [2.24, 2.45) is 0 Å². The monoisotopic (exact) mass is 232 g/mol. The van der Waals surface area contributed by atoms with E-state index in [1.807, 2.05) is 5.32 Å². The highest BCUT2D eigenvalue weighted by Crippen LogP contribution is 2.09. The van der Waals surface area contributed by atoms with E-state index >= 15 is 0 Å². The number of amides is 5. The first kappa shape index (κ1) is 11.0. The van der Waals surface area contributed by atoms with Gasteiger partial charge in [0.15, 0.2) is 0 Å². The van der Waals surface area contributed by atoms with Gasteiger partial charge in [-0.25, -0.2) is 4.79 Å². The van der Waals surface area contributed by atoms with Crippen LogP contribution in [0.25, 0.3) is 0 Å². The summed E-state index contributed by atoms with van der Waals surface area (Å²) in [7, 11) is 0. The molecule has 2 rings (SSSR count). The highest BCUT2D eigenvalue weighted by Gasteiger charge is 2.35. The van der Waals surface area contributed by atoms with Crippen molar-refractivity contribution >= 4 is 23.8 Å². The van der Waals surface area contributed by atoms with E-state index in [1.54, 1.807) is 18.2 Å². The number of imide groups is 4. The van der Waals surface area contributed by atoms with Crippen LogP contribution in [-0.4, -0.2) is 28.7 Å². The van der Waals surface area contributed by atoms with Crippen LogP contribution in [-0.2, 0) is 9.59 Å². The lowest BCUT2D eigenvalue weighted by atomic mass is 10.2. The van der Waals surface area contributed by atoms with Gasteiger partial charge in [-0.3, -0.25) is 19.7 Å². The third-order valence-corrected chi connectivity index (χ3v) is 2.23. The molecule has 1 N–H and O–H groups in total. The van der Waals surface area contributed by atoms with E-state index in [9.17, 15) is 19.2 Å². The van der Waals surface area contributed by atoms with Crippen molar-refractivity contribution in [3.8, 4) is 0 Å². The van der Waals surface area contributed by atoms with Crippen LogP contribution in [0.2, 0.25) is 0 Å². The molecule has 0 unspecified atom stereocenters.